The molecule has 4 rings (SSSR count). The normalized spacial score (nSPS) is 25.4. The minimum atomic E-state index is -0.181. The topological polar surface area (TPSA) is 38.5 Å². The number of hydrogen-bond donors (Lipinski definition) is 0. The van der Waals surface area contributed by atoms with Crippen molar-refractivity contribution in [3.8, 4) is 0 Å². The van der Waals surface area contributed by atoms with Crippen LogP contribution < -0.4 is 0 Å². The van der Waals surface area contributed by atoms with Crippen molar-refractivity contribution >= 4 is 5.97 Å². The lowest BCUT2D eigenvalue weighted by molar-refractivity contribution is -0.143. The van der Waals surface area contributed by atoms with Crippen molar-refractivity contribution in [2.45, 2.75) is 25.0 Å². The van der Waals surface area contributed by atoms with Crippen molar-refractivity contribution < 1.29 is 14.3 Å². The molecule has 2 saturated heterocycles. The van der Waals surface area contributed by atoms with Crippen LogP contribution >= 0.6 is 0 Å². The molecule has 0 aromatic heterocycles. The SMILES string of the molecule is CCOC(=O)[C@H]1C(C2COC2)N1C(c1ccccc1)c1ccccc1. The highest BCUT2D eigenvalue weighted by atomic mass is 16.5. The molecule has 25 heavy (non-hydrogen) atoms. The maximum atomic E-state index is 12.5. The van der Waals surface area contributed by atoms with E-state index in [1.54, 1.807) is 0 Å². The second kappa shape index (κ2) is 6.98. The van der Waals surface area contributed by atoms with Gasteiger partial charge in [-0.25, -0.2) is 0 Å². The standard InChI is InChI=1S/C21H23NO3/c1-2-25-21(23)20-19(17-13-24-14-17)22(20)18(15-9-5-3-6-10-15)16-11-7-4-8-12-16/h3-12,17-20H,2,13-14H2,1H3/t19?,20-,22?/m1/s1. The minimum Gasteiger partial charge on any atom is -0.465 e. The van der Waals surface area contributed by atoms with Crippen molar-refractivity contribution in [3.63, 3.8) is 0 Å². The molecule has 0 aliphatic carbocycles. The van der Waals surface area contributed by atoms with Crippen molar-refractivity contribution in [1.82, 2.24) is 4.90 Å². The number of rotatable bonds is 6. The Labute approximate surface area is 148 Å². The van der Waals surface area contributed by atoms with Gasteiger partial charge in [0.25, 0.3) is 0 Å². The predicted molar refractivity (Wildman–Crippen MR) is 95.1 cm³/mol. The summed E-state index contributed by atoms with van der Waals surface area (Å²) in [5, 5.41) is 0. The number of benzene rings is 2. The molecule has 0 spiro atoms. The van der Waals surface area contributed by atoms with Crippen LogP contribution in [0.4, 0.5) is 0 Å². The first-order valence-corrected chi connectivity index (χ1v) is 8.93. The molecule has 0 radical (unpaired) electrons. The number of ether oxygens (including phenoxy) is 2. The highest BCUT2D eigenvalue weighted by Gasteiger charge is 2.61. The van der Waals surface area contributed by atoms with Crippen LogP contribution in [0, 0.1) is 5.92 Å². The Morgan fingerprint density at radius 3 is 2.08 bits per heavy atom. The Morgan fingerprint density at radius 1 is 1.08 bits per heavy atom. The third-order valence-electron chi connectivity index (χ3n) is 5.10. The summed E-state index contributed by atoms with van der Waals surface area (Å²) < 4.78 is 10.7. The van der Waals surface area contributed by atoms with E-state index in [9.17, 15) is 4.79 Å². The lowest BCUT2D eigenvalue weighted by Crippen LogP contribution is -2.35. The number of esters is 1. The fourth-order valence-electron chi connectivity index (χ4n) is 3.85. The molecule has 0 N–H and O–H groups in total. The van der Waals surface area contributed by atoms with Gasteiger partial charge in [-0.15, -0.1) is 0 Å². The van der Waals surface area contributed by atoms with E-state index in [0.717, 1.165) is 13.2 Å². The molecular weight excluding hydrogens is 314 g/mol. The second-order valence-corrected chi connectivity index (χ2v) is 6.66. The van der Waals surface area contributed by atoms with Crippen LogP contribution in [0.1, 0.15) is 24.1 Å². The summed E-state index contributed by atoms with van der Waals surface area (Å²) in [6, 6.07) is 20.8. The van der Waals surface area contributed by atoms with E-state index in [2.05, 4.69) is 53.4 Å². The molecule has 2 aromatic carbocycles. The first-order valence-electron chi connectivity index (χ1n) is 8.93. The van der Waals surface area contributed by atoms with E-state index in [1.165, 1.54) is 11.1 Å². The van der Waals surface area contributed by atoms with Gasteiger partial charge in [-0.3, -0.25) is 9.69 Å². The zero-order valence-corrected chi connectivity index (χ0v) is 14.4. The van der Waals surface area contributed by atoms with Gasteiger partial charge in [0.2, 0.25) is 0 Å². The third-order valence-corrected chi connectivity index (χ3v) is 5.10. The number of carbonyl (C=O) groups is 1. The average molecular weight is 337 g/mol. The van der Waals surface area contributed by atoms with E-state index in [4.69, 9.17) is 9.47 Å². The third kappa shape index (κ3) is 3.08. The first-order chi connectivity index (χ1) is 12.3. The van der Waals surface area contributed by atoms with E-state index < -0.39 is 0 Å². The molecule has 4 heteroatoms. The number of hydrogen-bond acceptors (Lipinski definition) is 4. The average Bonchev–Trinajstić information content (AvgIpc) is 3.30. The summed E-state index contributed by atoms with van der Waals surface area (Å²) in [4.78, 5) is 14.8. The molecule has 0 bridgehead atoms. The summed E-state index contributed by atoms with van der Waals surface area (Å²) >= 11 is 0. The zero-order chi connectivity index (χ0) is 17.2. The minimum absolute atomic E-state index is 0.0578. The van der Waals surface area contributed by atoms with Crippen molar-refractivity contribution in [2.75, 3.05) is 19.8 Å². The van der Waals surface area contributed by atoms with Crippen molar-refractivity contribution in [1.29, 1.82) is 0 Å². The van der Waals surface area contributed by atoms with E-state index >= 15 is 0 Å². The Hall–Kier alpha value is -2.17. The van der Waals surface area contributed by atoms with Crippen LogP contribution in [-0.2, 0) is 14.3 Å². The summed E-state index contributed by atoms with van der Waals surface area (Å²) in [6.45, 7) is 3.73. The monoisotopic (exact) mass is 337 g/mol. The fraction of sp³-hybridized carbons (Fsp3) is 0.381. The first kappa shape index (κ1) is 16.3. The smallest absolute Gasteiger partial charge is 0.325 e. The molecule has 2 aromatic rings. The Morgan fingerprint density at radius 2 is 1.64 bits per heavy atom. The van der Waals surface area contributed by atoms with E-state index in [1.807, 2.05) is 19.1 Å². The summed E-state index contributed by atoms with van der Waals surface area (Å²) in [5.74, 6) is 0.292. The molecule has 2 unspecified atom stereocenters. The summed E-state index contributed by atoms with van der Waals surface area (Å²) in [5.41, 5.74) is 2.40. The van der Waals surface area contributed by atoms with Crippen LogP contribution in [-0.4, -0.2) is 42.8 Å². The van der Waals surface area contributed by atoms with E-state index in [0.29, 0.717) is 12.5 Å². The van der Waals surface area contributed by atoms with Crippen LogP contribution in [0.25, 0.3) is 0 Å². The van der Waals surface area contributed by atoms with Gasteiger partial charge in [0.1, 0.15) is 6.04 Å². The maximum absolute atomic E-state index is 12.5. The lowest BCUT2D eigenvalue weighted by atomic mass is 9.97. The predicted octanol–water partition coefficient (Wildman–Crippen LogP) is 3.04. The quantitative estimate of drug-likeness (QED) is 0.600. The van der Waals surface area contributed by atoms with Crippen LogP contribution in [0.3, 0.4) is 0 Å². The van der Waals surface area contributed by atoms with Gasteiger partial charge in [-0.1, -0.05) is 60.7 Å². The highest BCUT2D eigenvalue weighted by molar-refractivity contribution is 5.81. The molecule has 0 saturated carbocycles. The second-order valence-electron chi connectivity index (χ2n) is 6.66. The van der Waals surface area contributed by atoms with Gasteiger partial charge in [-0.05, 0) is 18.1 Å². The summed E-state index contributed by atoms with van der Waals surface area (Å²) in [6.07, 6.45) is 0. The highest BCUT2D eigenvalue weighted by Crippen LogP contribution is 2.47. The van der Waals surface area contributed by atoms with Crippen LogP contribution in [0.2, 0.25) is 0 Å². The molecule has 130 valence electrons. The molecule has 2 aliphatic heterocycles. The largest absolute Gasteiger partial charge is 0.465 e. The van der Waals surface area contributed by atoms with Crippen LogP contribution in [0.5, 0.6) is 0 Å². The molecule has 3 atom stereocenters. The Kier molecular flexibility index (Phi) is 4.55. The molecule has 2 aliphatic rings. The molecule has 2 fully saturated rings. The van der Waals surface area contributed by atoms with Gasteiger partial charge in [0.15, 0.2) is 0 Å². The number of carbonyl (C=O) groups excluding carboxylic acids is 1. The Bertz CT molecular complexity index is 675. The lowest BCUT2D eigenvalue weighted by Gasteiger charge is -2.28. The maximum Gasteiger partial charge on any atom is 0.325 e. The Balaban J connectivity index is 1.69. The van der Waals surface area contributed by atoms with Gasteiger partial charge < -0.3 is 9.47 Å². The van der Waals surface area contributed by atoms with Crippen LogP contribution in [0.15, 0.2) is 60.7 Å². The van der Waals surface area contributed by atoms with Crippen molar-refractivity contribution in [3.05, 3.63) is 71.8 Å². The molecule has 4 nitrogen and oxygen atoms in total. The van der Waals surface area contributed by atoms with Gasteiger partial charge in [-0.2, -0.15) is 0 Å². The molecule has 2 heterocycles. The molecular formula is C21H23NO3. The number of nitrogens with zero attached hydrogens (tertiary/aromatic N) is 1. The summed E-state index contributed by atoms with van der Waals surface area (Å²) in [7, 11) is 0. The van der Waals surface area contributed by atoms with Gasteiger partial charge in [0, 0.05) is 12.0 Å². The van der Waals surface area contributed by atoms with E-state index in [-0.39, 0.29) is 24.1 Å². The molecule has 0 amide bonds. The zero-order valence-electron chi connectivity index (χ0n) is 14.4. The van der Waals surface area contributed by atoms with Gasteiger partial charge in [0.05, 0.1) is 25.9 Å². The van der Waals surface area contributed by atoms with Crippen molar-refractivity contribution in [2.24, 2.45) is 5.92 Å². The fourth-order valence-corrected chi connectivity index (χ4v) is 3.85. The van der Waals surface area contributed by atoms with Gasteiger partial charge >= 0.3 is 5.97 Å².